The number of anilines is 1. The van der Waals surface area contributed by atoms with Crippen molar-refractivity contribution in [3.05, 3.63) is 18.0 Å². The maximum atomic E-state index is 12.8. The second-order valence-electron chi connectivity index (χ2n) is 6.51. The zero-order valence-electron chi connectivity index (χ0n) is 15.4. The highest BCUT2D eigenvalue weighted by molar-refractivity contribution is 5.92. The smallest absolute Gasteiger partial charge is 0.409 e. The van der Waals surface area contributed by atoms with Crippen LogP contribution >= 0.6 is 0 Å². The minimum absolute atomic E-state index is 0.119. The number of amides is 2. The van der Waals surface area contributed by atoms with E-state index in [0.29, 0.717) is 44.4 Å². The fourth-order valence-electron chi connectivity index (χ4n) is 3.10. The van der Waals surface area contributed by atoms with Crippen LogP contribution in [0, 0.1) is 0 Å². The first-order valence-corrected chi connectivity index (χ1v) is 9.06. The molecule has 0 atom stereocenters. The SMILES string of the molecule is CCOC(=O)N1CCN(C(=O)c2ccnc(N3CCN(C)CC3)n2)CC1. The Balaban J connectivity index is 1.60. The van der Waals surface area contributed by atoms with Crippen LogP contribution in [0.1, 0.15) is 17.4 Å². The molecular formula is C17H26N6O3. The summed E-state index contributed by atoms with van der Waals surface area (Å²) in [7, 11) is 2.09. The number of hydrogen-bond acceptors (Lipinski definition) is 7. The van der Waals surface area contributed by atoms with Crippen molar-refractivity contribution in [3.63, 3.8) is 0 Å². The average Bonchev–Trinajstić information content (AvgIpc) is 2.68. The molecule has 142 valence electrons. The highest BCUT2D eigenvalue weighted by atomic mass is 16.6. The maximum Gasteiger partial charge on any atom is 0.409 e. The van der Waals surface area contributed by atoms with Crippen LogP contribution in [0.3, 0.4) is 0 Å². The fraction of sp³-hybridized carbons (Fsp3) is 0.647. The Hall–Kier alpha value is -2.42. The first kappa shape index (κ1) is 18.4. The van der Waals surface area contributed by atoms with E-state index in [1.165, 1.54) is 0 Å². The third kappa shape index (κ3) is 4.21. The van der Waals surface area contributed by atoms with Crippen LogP contribution in [0.15, 0.2) is 12.3 Å². The number of rotatable bonds is 3. The summed E-state index contributed by atoms with van der Waals surface area (Å²) >= 11 is 0. The minimum atomic E-state index is -0.320. The van der Waals surface area contributed by atoms with Crippen LogP contribution in [0.2, 0.25) is 0 Å². The first-order valence-electron chi connectivity index (χ1n) is 9.06. The molecule has 2 aliphatic heterocycles. The number of ether oxygens (including phenoxy) is 1. The highest BCUT2D eigenvalue weighted by Crippen LogP contribution is 2.13. The van der Waals surface area contributed by atoms with Crippen LogP contribution in [0.5, 0.6) is 0 Å². The van der Waals surface area contributed by atoms with Crippen LogP contribution in [-0.2, 0) is 4.74 Å². The normalized spacial score (nSPS) is 18.8. The van der Waals surface area contributed by atoms with Crippen LogP contribution < -0.4 is 4.90 Å². The molecule has 0 aliphatic carbocycles. The van der Waals surface area contributed by atoms with Crippen molar-refractivity contribution in [2.24, 2.45) is 0 Å². The van der Waals surface area contributed by atoms with Gasteiger partial charge in [0.1, 0.15) is 5.69 Å². The van der Waals surface area contributed by atoms with Gasteiger partial charge in [-0.15, -0.1) is 0 Å². The lowest BCUT2D eigenvalue weighted by molar-refractivity contribution is 0.0566. The number of likely N-dealkylation sites (N-methyl/N-ethyl adjacent to an activating group) is 1. The van der Waals surface area contributed by atoms with E-state index in [9.17, 15) is 9.59 Å². The Morgan fingerprint density at radius 1 is 1.04 bits per heavy atom. The average molecular weight is 362 g/mol. The second-order valence-corrected chi connectivity index (χ2v) is 6.51. The van der Waals surface area contributed by atoms with E-state index >= 15 is 0 Å². The summed E-state index contributed by atoms with van der Waals surface area (Å²) in [5, 5.41) is 0. The van der Waals surface area contributed by atoms with Gasteiger partial charge in [0, 0.05) is 58.6 Å². The van der Waals surface area contributed by atoms with E-state index < -0.39 is 0 Å². The molecule has 0 N–H and O–H groups in total. The molecule has 26 heavy (non-hydrogen) atoms. The summed E-state index contributed by atoms with van der Waals surface area (Å²) in [6.07, 6.45) is 1.32. The van der Waals surface area contributed by atoms with Crippen LogP contribution in [0.4, 0.5) is 10.7 Å². The van der Waals surface area contributed by atoms with Crippen LogP contribution in [-0.4, -0.2) is 103 Å². The number of carbonyl (C=O) groups excluding carboxylic acids is 2. The van der Waals surface area contributed by atoms with Gasteiger partial charge in [0.2, 0.25) is 5.95 Å². The van der Waals surface area contributed by atoms with E-state index in [4.69, 9.17) is 4.74 Å². The van der Waals surface area contributed by atoms with Gasteiger partial charge in [0.15, 0.2) is 0 Å². The lowest BCUT2D eigenvalue weighted by Crippen LogP contribution is -2.51. The second kappa shape index (κ2) is 8.31. The van der Waals surface area contributed by atoms with Gasteiger partial charge in [0.05, 0.1) is 6.61 Å². The Kier molecular flexibility index (Phi) is 5.87. The van der Waals surface area contributed by atoms with Gasteiger partial charge >= 0.3 is 6.09 Å². The lowest BCUT2D eigenvalue weighted by Gasteiger charge is -2.34. The molecule has 2 aliphatic rings. The molecule has 0 aromatic carbocycles. The Morgan fingerprint density at radius 3 is 2.35 bits per heavy atom. The fourth-order valence-corrected chi connectivity index (χ4v) is 3.10. The van der Waals surface area contributed by atoms with Crippen molar-refractivity contribution in [2.45, 2.75) is 6.92 Å². The topological polar surface area (TPSA) is 82.1 Å². The summed E-state index contributed by atoms with van der Waals surface area (Å²) < 4.78 is 5.01. The maximum absolute atomic E-state index is 12.8. The van der Waals surface area contributed by atoms with Gasteiger partial charge in [-0.25, -0.2) is 14.8 Å². The monoisotopic (exact) mass is 362 g/mol. The number of nitrogens with zero attached hydrogens (tertiary/aromatic N) is 6. The standard InChI is InChI=1S/C17H26N6O3/c1-3-26-17(25)23-12-10-21(11-13-23)15(24)14-4-5-18-16(19-14)22-8-6-20(2)7-9-22/h4-5H,3,6-13H2,1-2H3. The van der Waals surface area contributed by atoms with Crippen molar-refractivity contribution in [1.29, 1.82) is 0 Å². The van der Waals surface area contributed by atoms with E-state index in [2.05, 4.69) is 26.8 Å². The Bertz CT molecular complexity index is 639. The molecule has 0 saturated carbocycles. The predicted octanol–water partition coefficient (Wildman–Crippen LogP) is 0.143. The van der Waals surface area contributed by atoms with Crippen molar-refractivity contribution in [2.75, 3.05) is 70.9 Å². The van der Waals surface area contributed by atoms with Gasteiger partial charge in [-0.05, 0) is 20.0 Å². The van der Waals surface area contributed by atoms with Crippen molar-refractivity contribution in [3.8, 4) is 0 Å². The third-order valence-electron chi connectivity index (χ3n) is 4.74. The number of hydrogen-bond donors (Lipinski definition) is 0. The number of piperazine rings is 2. The predicted molar refractivity (Wildman–Crippen MR) is 96.2 cm³/mol. The van der Waals surface area contributed by atoms with Crippen molar-refractivity contribution >= 4 is 17.9 Å². The third-order valence-corrected chi connectivity index (χ3v) is 4.74. The van der Waals surface area contributed by atoms with E-state index in [1.54, 1.807) is 29.0 Å². The van der Waals surface area contributed by atoms with Gasteiger partial charge in [-0.2, -0.15) is 0 Å². The minimum Gasteiger partial charge on any atom is -0.450 e. The lowest BCUT2D eigenvalue weighted by atomic mass is 10.2. The number of aromatic nitrogens is 2. The molecular weight excluding hydrogens is 336 g/mol. The number of carbonyl (C=O) groups is 2. The molecule has 0 radical (unpaired) electrons. The quantitative estimate of drug-likeness (QED) is 0.757. The molecule has 2 amide bonds. The molecule has 1 aromatic heterocycles. The molecule has 1 aromatic rings. The highest BCUT2D eigenvalue weighted by Gasteiger charge is 2.27. The summed E-state index contributed by atoms with van der Waals surface area (Å²) in [5.41, 5.74) is 0.401. The molecule has 2 saturated heterocycles. The molecule has 0 spiro atoms. The molecule has 9 heteroatoms. The summed E-state index contributed by atoms with van der Waals surface area (Å²) in [6, 6.07) is 1.65. The van der Waals surface area contributed by atoms with Crippen LogP contribution in [0.25, 0.3) is 0 Å². The molecule has 0 unspecified atom stereocenters. The zero-order valence-corrected chi connectivity index (χ0v) is 15.4. The molecule has 3 rings (SSSR count). The Morgan fingerprint density at radius 2 is 1.69 bits per heavy atom. The zero-order chi connectivity index (χ0) is 18.5. The van der Waals surface area contributed by atoms with E-state index in [-0.39, 0.29) is 12.0 Å². The largest absolute Gasteiger partial charge is 0.450 e. The van der Waals surface area contributed by atoms with Gasteiger partial charge in [-0.3, -0.25) is 4.79 Å². The van der Waals surface area contributed by atoms with Gasteiger partial charge < -0.3 is 24.3 Å². The molecule has 3 heterocycles. The first-order chi connectivity index (χ1) is 12.6. The van der Waals surface area contributed by atoms with Gasteiger partial charge in [0.25, 0.3) is 5.91 Å². The Labute approximate surface area is 153 Å². The molecule has 9 nitrogen and oxygen atoms in total. The van der Waals surface area contributed by atoms with Gasteiger partial charge in [-0.1, -0.05) is 0 Å². The van der Waals surface area contributed by atoms with E-state index in [1.807, 2.05) is 0 Å². The van der Waals surface area contributed by atoms with E-state index in [0.717, 1.165) is 26.2 Å². The molecule has 0 bridgehead atoms. The van der Waals surface area contributed by atoms with Crippen molar-refractivity contribution in [1.82, 2.24) is 24.7 Å². The summed E-state index contributed by atoms with van der Waals surface area (Å²) in [4.78, 5) is 41.0. The molecule has 2 fully saturated rings. The summed E-state index contributed by atoms with van der Waals surface area (Å²) in [6.45, 7) is 7.66. The summed E-state index contributed by atoms with van der Waals surface area (Å²) in [5.74, 6) is 0.486. The van der Waals surface area contributed by atoms with Crippen molar-refractivity contribution < 1.29 is 14.3 Å².